The van der Waals surface area contributed by atoms with Gasteiger partial charge in [-0.3, -0.25) is 4.79 Å². The lowest BCUT2D eigenvalue weighted by molar-refractivity contribution is -0.164. The molecule has 0 saturated heterocycles. The third-order valence-electron chi connectivity index (χ3n) is 1.14. The van der Waals surface area contributed by atoms with Crippen LogP contribution in [0.5, 0.6) is 0 Å². The normalized spacial score (nSPS) is 11.9. The van der Waals surface area contributed by atoms with Gasteiger partial charge in [0.15, 0.2) is 6.10 Å². The van der Waals surface area contributed by atoms with Crippen LogP contribution in [0, 0.1) is 0 Å². The highest BCUT2D eigenvalue weighted by atomic mass is 16.6. The van der Waals surface area contributed by atoms with Gasteiger partial charge in [0.2, 0.25) is 0 Å². The molecule has 0 bridgehead atoms. The fourth-order valence-corrected chi connectivity index (χ4v) is 0.630. The minimum atomic E-state index is -0.752. The quantitative estimate of drug-likeness (QED) is 0.564. The Morgan fingerprint density at radius 1 is 1.45 bits per heavy atom. The van der Waals surface area contributed by atoms with Crippen LogP contribution in [-0.2, 0) is 19.1 Å². The summed E-state index contributed by atoms with van der Waals surface area (Å²) in [4.78, 5) is 21.2. The first-order chi connectivity index (χ1) is 5.11. The standard InChI is InChI=1S/C7H12O4/c1-4-6(7(9)10-3)11-5(2)8/h6H,4H2,1-3H3/t6-/m1/s1. The maximum Gasteiger partial charge on any atom is 0.347 e. The van der Waals surface area contributed by atoms with Crippen molar-refractivity contribution in [3.63, 3.8) is 0 Å². The van der Waals surface area contributed by atoms with Crippen LogP contribution < -0.4 is 0 Å². The van der Waals surface area contributed by atoms with Crippen LogP contribution >= 0.6 is 0 Å². The molecule has 0 saturated carbocycles. The molecule has 11 heavy (non-hydrogen) atoms. The highest BCUT2D eigenvalue weighted by molar-refractivity contribution is 5.78. The minimum Gasteiger partial charge on any atom is -0.466 e. The number of hydrogen-bond donors (Lipinski definition) is 0. The molecule has 64 valence electrons. The first kappa shape index (κ1) is 9.94. The lowest BCUT2D eigenvalue weighted by atomic mass is 10.3. The molecule has 0 N–H and O–H groups in total. The van der Waals surface area contributed by atoms with E-state index in [2.05, 4.69) is 9.47 Å². The number of carbonyl (C=O) groups is 2. The van der Waals surface area contributed by atoms with E-state index >= 15 is 0 Å². The van der Waals surface area contributed by atoms with Crippen LogP contribution in [0.1, 0.15) is 20.3 Å². The molecule has 0 rings (SSSR count). The van der Waals surface area contributed by atoms with E-state index in [0.717, 1.165) is 0 Å². The molecular formula is C7H12O4. The van der Waals surface area contributed by atoms with Crippen molar-refractivity contribution < 1.29 is 19.1 Å². The summed E-state index contributed by atoms with van der Waals surface area (Å²) in [5.41, 5.74) is 0. The summed E-state index contributed by atoms with van der Waals surface area (Å²) in [5, 5.41) is 0. The lowest BCUT2D eigenvalue weighted by Gasteiger charge is -2.11. The summed E-state index contributed by atoms with van der Waals surface area (Å²) in [6.45, 7) is 3.00. The van der Waals surface area contributed by atoms with Crippen molar-refractivity contribution in [1.82, 2.24) is 0 Å². The van der Waals surface area contributed by atoms with E-state index < -0.39 is 18.0 Å². The molecule has 0 spiro atoms. The third-order valence-corrected chi connectivity index (χ3v) is 1.14. The smallest absolute Gasteiger partial charge is 0.347 e. The Bertz CT molecular complexity index is 153. The first-order valence-electron chi connectivity index (χ1n) is 3.36. The van der Waals surface area contributed by atoms with E-state index in [4.69, 9.17) is 0 Å². The molecule has 0 aromatic heterocycles. The van der Waals surface area contributed by atoms with Gasteiger partial charge in [-0.1, -0.05) is 6.92 Å². The largest absolute Gasteiger partial charge is 0.466 e. The molecule has 0 radical (unpaired) electrons. The van der Waals surface area contributed by atoms with Crippen molar-refractivity contribution in [1.29, 1.82) is 0 Å². The second-order valence-corrected chi connectivity index (χ2v) is 2.03. The van der Waals surface area contributed by atoms with Gasteiger partial charge in [0, 0.05) is 6.92 Å². The number of ether oxygens (including phenoxy) is 2. The number of hydrogen-bond acceptors (Lipinski definition) is 4. The summed E-state index contributed by atoms with van der Waals surface area (Å²) in [6.07, 6.45) is -0.316. The van der Waals surface area contributed by atoms with Crippen molar-refractivity contribution in [3.8, 4) is 0 Å². The van der Waals surface area contributed by atoms with Gasteiger partial charge in [0.25, 0.3) is 0 Å². The predicted molar refractivity (Wildman–Crippen MR) is 37.9 cm³/mol. The molecule has 0 amide bonds. The topological polar surface area (TPSA) is 52.6 Å². The van der Waals surface area contributed by atoms with Crippen molar-refractivity contribution in [2.45, 2.75) is 26.4 Å². The summed E-state index contributed by atoms with van der Waals surface area (Å²) >= 11 is 0. The second-order valence-electron chi connectivity index (χ2n) is 2.03. The monoisotopic (exact) mass is 160 g/mol. The highest BCUT2D eigenvalue weighted by Gasteiger charge is 2.19. The molecule has 0 heterocycles. The number of esters is 2. The maximum absolute atomic E-state index is 10.8. The van der Waals surface area contributed by atoms with Crippen molar-refractivity contribution in [3.05, 3.63) is 0 Å². The molecule has 4 heteroatoms. The summed E-state index contributed by atoms with van der Waals surface area (Å²) in [5.74, 6) is -0.982. The zero-order valence-electron chi connectivity index (χ0n) is 6.92. The minimum absolute atomic E-state index is 0.437. The van der Waals surface area contributed by atoms with Crippen LogP contribution in [0.2, 0.25) is 0 Å². The van der Waals surface area contributed by atoms with Crippen LogP contribution in [0.3, 0.4) is 0 Å². The molecule has 0 aliphatic heterocycles. The molecule has 0 aromatic rings. The fraction of sp³-hybridized carbons (Fsp3) is 0.714. The Balaban J connectivity index is 3.94. The molecule has 1 atom stereocenters. The van der Waals surface area contributed by atoms with Crippen molar-refractivity contribution in [2.24, 2.45) is 0 Å². The van der Waals surface area contributed by atoms with E-state index in [1.165, 1.54) is 14.0 Å². The molecule has 0 aliphatic rings. The van der Waals surface area contributed by atoms with Crippen LogP contribution in [0.4, 0.5) is 0 Å². The van der Waals surface area contributed by atoms with Crippen molar-refractivity contribution >= 4 is 11.9 Å². The van der Waals surface area contributed by atoms with E-state index in [9.17, 15) is 9.59 Å². The van der Waals surface area contributed by atoms with Gasteiger partial charge in [0.05, 0.1) is 7.11 Å². The van der Waals surface area contributed by atoms with Gasteiger partial charge < -0.3 is 9.47 Å². The van der Waals surface area contributed by atoms with Crippen LogP contribution in [-0.4, -0.2) is 25.2 Å². The van der Waals surface area contributed by atoms with E-state index in [-0.39, 0.29) is 0 Å². The van der Waals surface area contributed by atoms with E-state index in [1.807, 2.05) is 0 Å². The Kier molecular flexibility index (Phi) is 4.26. The number of methoxy groups -OCH3 is 1. The first-order valence-corrected chi connectivity index (χ1v) is 3.36. The van der Waals surface area contributed by atoms with Crippen molar-refractivity contribution in [2.75, 3.05) is 7.11 Å². The zero-order chi connectivity index (χ0) is 8.85. The van der Waals surface area contributed by atoms with Gasteiger partial charge in [-0.2, -0.15) is 0 Å². The summed E-state index contributed by atoms with van der Waals surface area (Å²) < 4.78 is 9.03. The maximum atomic E-state index is 10.8. The van der Waals surface area contributed by atoms with E-state index in [0.29, 0.717) is 6.42 Å². The van der Waals surface area contributed by atoms with Gasteiger partial charge >= 0.3 is 11.9 Å². The second kappa shape index (κ2) is 4.71. The summed E-state index contributed by atoms with van der Waals surface area (Å²) in [6, 6.07) is 0. The van der Waals surface area contributed by atoms with Gasteiger partial charge in [-0.15, -0.1) is 0 Å². The predicted octanol–water partition coefficient (Wildman–Crippen LogP) is 0.501. The SMILES string of the molecule is CC[C@@H](OC(C)=O)C(=O)OC. The molecule has 0 aliphatic carbocycles. The third kappa shape index (κ3) is 3.60. The average molecular weight is 160 g/mol. The Labute approximate surface area is 65.5 Å². The molecule has 0 aromatic carbocycles. The molecule has 0 unspecified atom stereocenters. The van der Waals surface area contributed by atoms with Crippen LogP contribution in [0.25, 0.3) is 0 Å². The molecule has 4 nitrogen and oxygen atoms in total. The number of rotatable bonds is 3. The Morgan fingerprint density at radius 3 is 2.27 bits per heavy atom. The molecule has 0 fully saturated rings. The Hall–Kier alpha value is -1.06. The highest BCUT2D eigenvalue weighted by Crippen LogP contribution is 2.00. The zero-order valence-corrected chi connectivity index (χ0v) is 6.92. The van der Waals surface area contributed by atoms with Gasteiger partial charge in [-0.25, -0.2) is 4.79 Å². The van der Waals surface area contributed by atoms with Crippen LogP contribution in [0.15, 0.2) is 0 Å². The number of carbonyl (C=O) groups excluding carboxylic acids is 2. The fourth-order valence-electron chi connectivity index (χ4n) is 0.630. The molecular weight excluding hydrogens is 148 g/mol. The lowest BCUT2D eigenvalue weighted by Crippen LogP contribution is -2.26. The Morgan fingerprint density at radius 2 is 2.00 bits per heavy atom. The average Bonchev–Trinajstić information content (AvgIpc) is 1.98. The van der Waals surface area contributed by atoms with Gasteiger partial charge in [-0.05, 0) is 6.42 Å². The van der Waals surface area contributed by atoms with Gasteiger partial charge in [0.1, 0.15) is 0 Å². The van der Waals surface area contributed by atoms with E-state index in [1.54, 1.807) is 6.92 Å². The summed E-state index contributed by atoms with van der Waals surface area (Å²) in [7, 11) is 1.26.